The van der Waals surface area contributed by atoms with Crippen molar-refractivity contribution in [1.82, 2.24) is 0 Å². The maximum Gasteiger partial charge on any atom is 0.0120 e. The monoisotopic (exact) mass is 114 g/mol. The Morgan fingerprint density at radius 3 is 3.00 bits per heavy atom. The van der Waals surface area contributed by atoms with Crippen molar-refractivity contribution in [3.05, 3.63) is 11.5 Å². The first-order chi connectivity index (χ1) is 3.43. The van der Waals surface area contributed by atoms with Crippen molar-refractivity contribution < 1.29 is 0 Å². The lowest BCUT2D eigenvalue weighted by Crippen LogP contribution is -1.90. The lowest BCUT2D eigenvalue weighted by Gasteiger charge is -1.99. The zero-order valence-corrected chi connectivity index (χ0v) is 5.37. The summed E-state index contributed by atoms with van der Waals surface area (Å²) in [5.41, 5.74) is 0. The van der Waals surface area contributed by atoms with Gasteiger partial charge in [0.05, 0.1) is 0 Å². The van der Waals surface area contributed by atoms with Crippen molar-refractivity contribution in [2.24, 2.45) is 0 Å². The standard InChI is InChI=1S/C6H10S/c1-2-6-4-3-5-7-6/h3,5-6H,2,4H2,1H3/t6-/m0/s1. The maximum atomic E-state index is 2.25. The van der Waals surface area contributed by atoms with Crippen LogP contribution in [0.2, 0.25) is 0 Å². The first-order valence-electron chi connectivity index (χ1n) is 2.74. The largest absolute Gasteiger partial charge is 0.131 e. The molecule has 1 heterocycles. The lowest BCUT2D eigenvalue weighted by molar-refractivity contribution is 0.849. The molecule has 0 saturated heterocycles. The molecule has 1 atom stereocenters. The summed E-state index contributed by atoms with van der Waals surface area (Å²) in [6.07, 6.45) is 4.86. The minimum atomic E-state index is 0.903. The van der Waals surface area contributed by atoms with Gasteiger partial charge < -0.3 is 0 Å². The summed E-state index contributed by atoms with van der Waals surface area (Å²) < 4.78 is 0. The molecular formula is C6H10S. The van der Waals surface area contributed by atoms with Gasteiger partial charge in [-0.25, -0.2) is 0 Å². The molecule has 0 bridgehead atoms. The van der Waals surface area contributed by atoms with Gasteiger partial charge in [0, 0.05) is 5.25 Å². The molecule has 0 amide bonds. The van der Waals surface area contributed by atoms with Crippen molar-refractivity contribution in [2.45, 2.75) is 25.0 Å². The molecule has 0 aromatic rings. The predicted molar refractivity (Wildman–Crippen MR) is 35.4 cm³/mol. The van der Waals surface area contributed by atoms with E-state index in [9.17, 15) is 0 Å². The van der Waals surface area contributed by atoms with Crippen molar-refractivity contribution in [2.75, 3.05) is 0 Å². The summed E-state index contributed by atoms with van der Waals surface area (Å²) in [4.78, 5) is 0. The number of thioether (sulfide) groups is 1. The first-order valence-corrected chi connectivity index (χ1v) is 3.68. The summed E-state index contributed by atoms with van der Waals surface area (Å²) >= 11 is 1.96. The molecule has 0 radical (unpaired) electrons. The van der Waals surface area contributed by atoms with Crippen LogP contribution in [0.5, 0.6) is 0 Å². The van der Waals surface area contributed by atoms with Crippen molar-refractivity contribution in [3.63, 3.8) is 0 Å². The van der Waals surface area contributed by atoms with Gasteiger partial charge in [0.1, 0.15) is 0 Å². The van der Waals surface area contributed by atoms with Gasteiger partial charge in [-0.3, -0.25) is 0 Å². The van der Waals surface area contributed by atoms with Crippen molar-refractivity contribution in [1.29, 1.82) is 0 Å². The Hall–Kier alpha value is 0.0900. The van der Waals surface area contributed by atoms with E-state index >= 15 is 0 Å². The van der Waals surface area contributed by atoms with Crippen LogP contribution in [-0.4, -0.2) is 5.25 Å². The summed E-state index contributed by atoms with van der Waals surface area (Å²) in [6, 6.07) is 0. The molecule has 7 heavy (non-hydrogen) atoms. The van der Waals surface area contributed by atoms with Crippen LogP contribution in [0.15, 0.2) is 11.5 Å². The topological polar surface area (TPSA) is 0 Å². The van der Waals surface area contributed by atoms with E-state index in [4.69, 9.17) is 0 Å². The van der Waals surface area contributed by atoms with Crippen LogP contribution in [0, 0.1) is 0 Å². The summed E-state index contributed by atoms with van der Waals surface area (Å²) in [7, 11) is 0. The van der Waals surface area contributed by atoms with Gasteiger partial charge >= 0.3 is 0 Å². The van der Waals surface area contributed by atoms with E-state index in [1.54, 1.807) is 0 Å². The second-order valence-corrected chi connectivity index (χ2v) is 2.98. The normalized spacial score (nSPS) is 29.0. The molecule has 0 saturated carbocycles. The Labute approximate surface area is 49.0 Å². The molecule has 0 spiro atoms. The van der Waals surface area contributed by atoms with Gasteiger partial charge in [-0.15, -0.1) is 11.8 Å². The molecule has 0 aromatic heterocycles. The van der Waals surface area contributed by atoms with E-state index in [-0.39, 0.29) is 0 Å². The fraction of sp³-hybridized carbons (Fsp3) is 0.667. The third-order valence-corrected chi connectivity index (χ3v) is 2.48. The zero-order chi connectivity index (χ0) is 5.11. The van der Waals surface area contributed by atoms with E-state index in [0.29, 0.717) is 0 Å². The minimum Gasteiger partial charge on any atom is -0.131 e. The molecule has 0 aliphatic carbocycles. The molecular weight excluding hydrogens is 104 g/mol. The van der Waals surface area contributed by atoms with Gasteiger partial charge in [-0.2, -0.15) is 0 Å². The number of allylic oxidation sites excluding steroid dienone is 1. The number of rotatable bonds is 1. The fourth-order valence-electron chi connectivity index (χ4n) is 0.692. The van der Waals surface area contributed by atoms with Crippen LogP contribution in [0.4, 0.5) is 0 Å². The van der Waals surface area contributed by atoms with Crippen LogP contribution in [-0.2, 0) is 0 Å². The smallest absolute Gasteiger partial charge is 0.0120 e. The SMILES string of the molecule is CC[C@H]1CC=CS1. The van der Waals surface area contributed by atoms with E-state index in [1.165, 1.54) is 12.8 Å². The first kappa shape index (κ1) is 5.23. The van der Waals surface area contributed by atoms with Crippen LogP contribution in [0.3, 0.4) is 0 Å². The Morgan fingerprint density at radius 2 is 2.71 bits per heavy atom. The summed E-state index contributed by atoms with van der Waals surface area (Å²) in [5, 5.41) is 3.11. The average molecular weight is 114 g/mol. The lowest BCUT2D eigenvalue weighted by atomic mass is 10.2. The summed E-state index contributed by atoms with van der Waals surface area (Å²) in [6.45, 7) is 2.24. The van der Waals surface area contributed by atoms with Crippen molar-refractivity contribution >= 4 is 11.8 Å². The minimum absolute atomic E-state index is 0.903. The van der Waals surface area contributed by atoms with Crippen LogP contribution < -0.4 is 0 Å². The van der Waals surface area contributed by atoms with Gasteiger partial charge in [0.2, 0.25) is 0 Å². The molecule has 1 aliphatic heterocycles. The average Bonchev–Trinajstić information content (AvgIpc) is 2.14. The Balaban J connectivity index is 2.22. The number of hydrogen-bond acceptors (Lipinski definition) is 1. The van der Waals surface area contributed by atoms with Crippen LogP contribution >= 0.6 is 11.8 Å². The van der Waals surface area contributed by atoms with E-state index in [1.807, 2.05) is 11.8 Å². The molecule has 1 heteroatoms. The van der Waals surface area contributed by atoms with Crippen LogP contribution in [0.25, 0.3) is 0 Å². The Kier molecular flexibility index (Phi) is 1.80. The summed E-state index contributed by atoms with van der Waals surface area (Å²) in [5.74, 6) is 0. The molecule has 0 fully saturated rings. The zero-order valence-electron chi connectivity index (χ0n) is 4.55. The molecule has 0 aromatic carbocycles. The molecule has 0 nitrogen and oxygen atoms in total. The third-order valence-electron chi connectivity index (χ3n) is 1.22. The van der Waals surface area contributed by atoms with Crippen LogP contribution in [0.1, 0.15) is 19.8 Å². The Morgan fingerprint density at radius 1 is 1.86 bits per heavy atom. The van der Waals surface area contributed by atoms with Crippen molar-refractivity contribution in [3.8, 4) is 0 Å². The second-order valence-electron chi connectivity index (χ2n) is 1.77. The quantitative estimate of drug-likeness (QED) is 0.504. The molecule has 1 aliphatic rings. The highest BCUT2D eigenvalue weighted by molar-refractivity contribution is 8.02. The third kappa shape index (κ3) is 1.23. The van der Waals surface area contributed by atoms with Gasteiger partial charge in [-0.1, -0.05) is 13.0 Å². The highest BCUT2D eigenvalue weighted by Gasteiger charge is 2.05. The van der Waals surface area contributed by atoms with E-state index in [0.717, 1.165) is 5.25 Å². The molecule has 0 N–H and O–H groups in total. The highest BCUT2D eigenvalue weighted by Crippen LogP contribution is 2.25. The number of hydrogen-bond donors (Lipinski definition) is 0. The predicted octanol–water partition coefficient (Wildman–Crippen LogP) is 2.42. The van der Waals surface area contributed by atoms with Gasteiger partial charge in [0.15, 0.2) is 0 Å². The Bertz CT molecular complexity index is 68.2. The molecule has 40 valence electrons. The highest BCUT2D eigenvalue weighted by atomic mass is 32.2. The fourth-order valence-corrected chi connectivity index (χ4v) is 1.55. The maximum absolute atomic E-state index is 2.25. The van der Waals surface area contributed by atoms with E-state index < -0.39 is 0 Å². The van der Waals surface area contributed by atoms with E-state index in [2.05, 4.69) is 18.4 Å². The second kappa shape index (κ2) is 2.41. The molecule has 1 rings (SSSR count). The van der Waals surface area contributed by atoms with Gasteiger partial charge in [-0.05, 0) is 18.2 Å². The molecule has 0 unspecified atom stereocenters. The van der Waals surface area contributed by atoms with Gasteiger partial charge in [0.25, 0.3) is 0 Å².